The molecule has 3 aromatic rings. The Morgan fingerprint density at radius 3 is 2.41 bits per heavy atom. The summed E-state index contributed by atoms with van der Waals surface area (Å²) in [5.74, 6) is 0.565. The Morgan fingerprint density at radius 1 is 1.03 bits per heavy atom. The summed E-state index contributed by atoms with van der Waals surface area (Å²) < 4.78 is 38.1. The monoisotopic (exact) mass is 420 g/mol. The molecule has 8 heteroatoms. The summed E-state index contributed by atoms with van der Waals surface area (Å²) in [6.07, 6.45) is -3.47. The second-order valence-electron chi connectivity index (χ2n) is 7.18. The van der Waals surface area contributed by atoms with Crippen molar-refractivity contribution >= 4 is 28.3 Å². The van der Waals surface area contributed by atoms with E-state index in [2.05, 4.69) is 9.88 Å². The SMILES string of the molecule is Cc1c(Cl)c(CN2CCN(c3ccc(C(F)(F)F)cn3)CC2)nc2ccccc12. The summed E-state index contributed by atoms with van der Waals surface area (Å²) in [7, 11) is 0. The van der Waals surface area contributed by atoms with E-state index in [0.29, 0.717) is 30.5 Å². The lowest BCUT2D eigenvalue weighted by atomic mass is 10.1. The van der Waals surface area contributed by atoms with Gasteiger partial charge in [0.2, 0.25) is 0 Å². The molecule has 0 bridgehead atoms. The molecule has 0 saturated carbocycles. The Labute approximate surface area is 171 Å². The normalized spacial score (nSPS) is 15.8. The molecule has 1 aliphatic rings. The van der Waals surface area contributed by atoms with E-state index >= 15 is 0 Å². The maximum absolute atomic E-state index is 12.7. The Kier molecular flexibility index (Phi) is 5.36. The molecule has 3 heterocycles. The molecule has 0 radical (unpaired) electrons. The van der Waals surface area contributed by atoms with E-state index in [1.807, 2.05) is 36.1 Å². The summed E-state index contributed by atoms with van der Waals surface area (Å²) in [6.45, 7) is 5.52. The minimum Gasteiger partial charge on any atom is -0.354 e. The molecule has 0 spiro atoms. The minimum absolute atomic E-state index is 0.565. The zero-order valence-corrected chi connectivity index (χ0v) is 16.6. The fraction of sp³-hybridized carbons (Fsp3) is 0.333. The van der Waals surface area contributed by atoms with Gasteiger partial charge < -0.3 is 4.90 Å². The van der Waals surface area contributed by atoms with Crippen LogP contribution in [0.2, 0.25) is 5.02 Å². The molecule has 0 atom stereocenters. The largest absolute Gasteiger partial charge is 0.417 e. The van der Waals surface area contributed by atoms with E-state index in [4.69, 9.17) is 16.6 Å². The molecule has 1 fully saturated rings. The molecule has 29 heavy (non-hydrogen) atoms. The van der Waals surface area contributed by atoms with Gasteiger partial charge >= 0.3 is 6.18 Å². The maximum atomic E-state index is 12.7. The highest BCUT2D eigenvalue weighted by atomic mass is 35.5. The van der Waals surface area contributed by atoms with Gasteiger partial charge in [0.25, 0.3) is 0 Å². The van der Waals surface area contributed by atoms with Gasteiger partial charge in [0, 0.05) is 44.3 Å². The number of piperazine rings is 1. The number of hydrogen-bond acceptors (Lipinski definition) is 4. The first-order chi connectivity index (χ1) is 13.8. The van der Waals surface area contributed by atoms with Crippen LogP contribution in [0.15, 0.2) is 42.6 Å². The van der Waals surface area contributed by atoms with Gasteiger partial charge in [-0.05, 0) is 30.7 Å². The molecule has 0 aliphatic carbocycles. The van der Waals surface area contributed by atoms with Crippen molar-refractivity contribution in [1.82, 2.24) is 14.9 Å². The highest BCUT2D eigenvalue weighted by molar-refractivity contribution is 6.32. The van der Waals surface area contributed by atoms with Crippen LogP contribution < -0.4 is 4.90 Å². The average molecular weight is 421 g/mol. The van der Waals surface area contributed by atoms with E-state index in [1.54, 1.807) is 0 Å². The first kappa shape index (κ1) is 19.9. The molecule has 152 valence electrons. The number of alkyl halides is 3. The average Bonchev–Trinajstić information content (AvgIpc) is 2.72. The van der Waals surface area contributed by atoms with E-state index in [1.165, 1.54) is 6.07 Å². The maximum Gasteiger partial charge on any atom is 0.417 e. The molecule has 1 aromatic carbocycles. The molecular weight excluding hydrogens is 401 g/mol. The predicted octanol–water partition coefficient (Wildman–Crippen LogP) is 4.93. The van der Waals surface area contributed by atoms with E-state index in [9.17, 15) is 13.2 Å². The van der Waals surface area contributed by atoms with Crippen molar-refractivity contribution in [1.29, 1.82) is 0 Å². The Hall–Kier alpha value is -2.38. The van der Waals surface area contributed by atoms with Crippen molar-refractivity contribution in [3.63, 3.8) is 0 Å². The van der Waals surface area contributed by atoms with Gasteiger partial charge in [-0.3, -0.25) is 4.90 Å². The first-order valence-electron chi connectivity index (χ1n) is 9.37. The summed E-state index contributed by atoms with van der Waals surface area (Å²) in [6, 6.07) is 10.4. The molecule has 2 aromatic heterocycles. The molecule has 1 saturated heterocycles. The third-order valence-corrected chi connectivity index (χ3v) is 5.79. The molecule has 0 amide bonds. The number of anilines is 1. The van der Waals surface area contributed by atoms with Crippen molar-refractivity contribution in [2.45, 2.75) is 19.6 Å². The van der Waals surface area contributed by atoms with Crippen LogP contribution in [-0.4, -0.2) is 41.0 Å². The number of aromatic nitrogens is 2. The van der Waals surface area contributed by atoms with Crippen LogP contribution in [0.5, 0.6) is 0 Å². The molecule has 4 rings (SSSR count). The van der Waals surface area contributed by atoms with Crippen LogP contribution in [0, 0.1) is 6.92 Å². The highest BCUT2D eigenvalue weighted by Crippen LogP contribution is 2.30. The van der Waals surface area contributed by atoms with E-state index < -0.39 is 11.7 Å². The second kappa shape index (κ2) is 7.80. The van der Waals surface area contributed by atoms with Crippen LogP contribution in [-0.2, 0) is 12.7 Å². The third-order valence-electron chi connectivity index (χ3n) is 5.29. The van der Waals surface area contributed by atoms with Gasteiger partial charge in [-0.2, -0.15) is 13.2 Å². The number of para-hydroxylation sites is 1. The molecule has 0 N–H and O–H groups in total. The number of benzene rings is 1. The molecule has 0 unspecified atom stereocenters. The number of hydrogen-bond donors (Lipinski definition) is 0. The summed E-state index contributed by atoms with van der Waals surface area (Å²) in [5, 5.41) is 1.75. The van der Waals surface area contributed by atoms with Gasteiger partial charge in [-0.15, -0.1) is 0 Å². The lowest BCUT2D eigenvalue weighted by Crippen LogP contribution is -2.46. The van der Waals surface area contributed by atoms with Crippen LogP contribution in [0.25, 0.3) is 10.9 Å². The van der Waals surface area contributed by atoms with E-state index in [-0.39, 0.29) is 0 Å². The van der Waals surface area contributed by atoms with Crippen LogP contribution >= 0.6 is 11.6 Å². The number of halogens is 4. The van der Waals surface area contributed by atoms with Crippen LogP contribution in [0.4, 0.5) is 19.0 Å². The fourth-order valence-corrected chi connectivity index (χ4v) is 3.81. The summed E-state index contributed by atoms with van der Waals surface area (Å²) in [5.41, 5.74) is 2.08. The standard InChI is InChI=1S/C21H20ClF3N4/c1-14-16-4-2-3-5-17(16)27-18(20(14)22)13-28-8-10-29(11-9-28)19-7-6-15(12-26-19)21(23,24)25/h2-7,12H,8-11,13H2,1H3. The second-order valence-corrected chi connectivity index (χ2v) is 7.56. The van der Waals surface area contributed by atoms with Crippen molar-refractivity contribution < 1.29 is 13.2 Å². The highest BCUT2D eigenvalue weighted by Gasteiger charge is 2.31. The fourth-order valence-electron chi connectivity index (χ4n) is 3.61. The van der Waals surface area contributed by atoms with Crippen molar-refractivity contribution in [2.24, 2.45) is 0 Å². The number of aryl methyl sites for hydroxylation is 1. The summed E-state index contributed by atoms with van der Waals surface area (Å²) in [4.78, 5) is 13.0. The van der Waals surface area contributed by atoms with E-state index in [0.717, 1.165) is 47.5 Å². The lowest BCUT2D eigenvalue weighted by molar-refractivity contribution is -0.137. The quantitative estimate of drug-likeness (QED) is 0.601. The number of pyridine rings is 2. The van der Waals surface area contributed by atoms with Gasteiger partial charge in [0.15, 0.2) is 0 Å². The molecular formula is C21H20ClF3N4. The van der Waals surface area contributed by atoms with Gasteiger partial charge in [-0.1, -0.05) is 29.8 Å². The Bertz CT molecular complexity index is 1010. The van der Waals surface area contributed by atoms with Crippen molar-refractivity contribution in [3.05, 3.63) is 64.4 Å². The number of fused-ring (bicyclic) bond motifs is 1. The van der Waals surface area contributed by atoms with Gasteiger partial charge in [-0.25, -0.2) is 9.97 Å². The molecule has 4 nitrogen and oxygen atoms in total. The van der Waals surface area contributed by atoms with Crippen LogP contribution in [0.3, 0.4) is 0 Å². The number of rotatable bonds is 3. The predicted molar refractivity (Wildman–Crippen MR) is 108 cm³/mol. The molecule has 1 aliphatic heterocycles. The lowest BCUT2D eigenvalue weighted by Gasteiger charge is -2.35. The van der Waals surface area contributed by atoms with Gasteiger partial charge in [0.1, 0.15) is 5.82 Å². The summed E-state index contributed by atoms with van der Waals surface area (Å²) >= 11 is 6.57. The zero-order valence-electron chi connectivity index (χ0n) is 15.9. The minimum atomic E-state index is -4.37. The van der Waals surface area contributed by atoms with Crippen molar-refractivity contribution in [3.8, 4) is 0 Å². The van der Waals surface area contributed by atoms with Crippen molar-refractivity contribution in [2.75, 3.05) is 31.1 Å². The smallest absolute Gasteiger partial charge is 0.354 e. The first-order valence-corrected chi connectivity index (χ1v) is 9.75. The third kappa shape index (κ3) is 4.16. The Balaban J connectivity index is 1.43. The zero-order chi connectivity index (χ0) is 20.6. The Morgan fingerprint density at radius 2 is 1.76 bits per heavy atom. The topological polar surface area (TPSA) is 32.3 Å². The van der Waals surface area contributed by atoms with Gasteiger partial charge in [0.05, 0.1) is 21.8 Å². The van der Waals surface area contributed by atoms with Crippen LogP contribution in [0.1, 0.15) is 16.8 Å². The number of nitrogens with zero attached hydrogens (tertiary/aromatic N) is 4.